The topological polar surface area (TPSA) is 93.1 Å². The largest absolute Gasteiger partial charge is 0.468 e. The van der Waals surface area contributed by atoms with Crippen molar-refractivity contribution in [1.82, 2.24) is 0 Å². The highest BCUT2D eigenvalue weighted by Crippen LogP contribution is 2.65. The molecule has 2 N–H and O–H groups in total. The van der Waals surface area contributed by atoms with Gasteiger partial charge in [0, 0.05) is 0 Å². The molecule has 1 saturated heterocycles. The number of carbonyl (C=O) groups excluding carboxylic acids is 2. The molecule has 4 atom stereocenters. The van der Waals surface area contributed by atoms with Gasteiger partial charge in [0.05, 0.1) is 14.2 Å². The Morgan fingerprint density at radius 1 is 0.920 bits per heavy atom. The normalized spacial score (nSPS) is 32.5. The fourth-order valence-corrected chi connectivity index (χ4v) is 5.76. The van der Waals surface area contributed by atoms with Gasteiger partial charge in [-0.2, -0.15) is 0 Å². The van der Waals surface area contributed by atoms with Crippen molar-refractivity contribution in [2.75, 3.05) is 14.2 Å². The van der Waals surface area contributed by atoms with E-state index in [2.05, 4.69) is 0 Å². The molecule has 25 heavy (non-hydrogen) atoms. The van der Waals surface area contributed by atoms with E-state index < -0.39 is 33.6 Å². The van der Waals surface area contributed by atoms with Crippen molar-refractivity contribution >= 4 is 34.5 Å². The Bertz CT molecular complexity index is 843. The van der Waals surface area contributed by atoms with Gasteiger partial charge in [0.1, 0.15) is 21.7 Å². The zero-order chi connectivity index (χ0) is 18.0. The highest BCUT2D eigenvalue weighted by molar-refractivity contribution is 8.02. The molecule has 0 bridgehead atoms. The van der Waals surface area contributed by atoms with Crippen LogP contribution in [0.2, 0.25) is 0 Å². The molecule has 1 fully saturated rings. The lowest BCUT2D eigenvalue weighted by molar-refractivity contribution is -0.178. The molecule has 0 amide bonds. The maximum absolute atomic E-state index is 12.4. The van der Waals surface area contributed by atoms with Crippen LogP contribution in [-0.4, -0.2) is 46.9 Å². The Hall–Kier alpha value is -2.09. The van der Waals surface area contributed by atoms with Gasteiger partial charge in [-0.3, -0.25) is 9.59 Å². The summed E-state index contributed by atoms with van der Waals surface area (Å²) in [5.74, 6) is -1.41. The molecule has 2 aromatic carbocycles. The minimum Gasteiger partial charge on any atom is -0.468 e. The van der Waals surface area contributed by atoms with E-state index >= 15 is 0 Å². The fourth-order valence-electron chi connectivity index (χ4n) is 4.07. The zero-order valence-corrected chi connectivity index (χ0v) is 14.4. The molecule has 130 valence electrons. The minimum absolute atomic E-state index is 0.414. The Kier molecular flexibility index (Phi) is 3.41. The van der Waals surface area contributed by atoms with E-state index in [0.29, 0.717) is 16.5 Å². The summed E-state index contributed by atoms with van der Waals surface area (Å²) < 4.78 is 9.65. The van der Waals surface area contributed by atoms with Gasteiger partial charge in [0.2, 0.25) is 0 Å². The van der Waals surface area contributed by atoms with E-state index in [1.807, 2.05) is 12.1 Å². The second-order valence-electron chi connectivity index (χ2n) is 6.18. The van der Waals surface area contributed by atoms with Crippen LogP contribution >= 0.6 is 11.8 Å². The average Bonchev–Trinajstić information content (AvgIpc) is 2.99. The standard InChI is InChI=1S/C18H16O6S/c1-23-15(19)13-17(21)10-7-3-5-9-6-4-8-11(12(9)10)18(17,22)14(25-13)16(20)24-2/h3-8,13-14,21-22H,1-2H3/t13-,14-,17-,18+/m1/s1. The maximum Gasteiger partial charge on any atom is 0.322 e. The highest BCUT2D eigenvalue weighted by Gasteiger charge is 2.74. The van der Waals surface area contributed by atoms with Crippen LogP contribution in [0.4, 0.5) is 0 Å². The van der Waals surface area contributed by atoms with E-state index in [1.54, 1.807) is 24.3 Å². The van der Waals surface area contributed by atoms with Crippen molar-refractivity contribution in [2.24, 2.45) is 0 Å². The molecule has 2 aliphatic rings. The van der Waals surface area contributed by atoms with E-state index in [4.69, 9.17) is 9.47 Å². The first kappa shape index (κ1) is 16.4. The number of ether oxygens (including phenoxy) is 2. The molecule has 4 rings (SSSR count). The van der Waals surface area contributed by atoms with Crippen LogP contribution < -0.4 is 0 Å². The van der Waals surface area contributed by atoms with Gasteiger partial charge in [0.15, 0.2) is 0 Å². The van der Waals surface area contributed by atoms with Crippen LogP contribution in [0.3, 0.4) is 0 Å². The monoisotopic (exact) mass is 360 g/mol. The number of hydrogen-bond donors (Lipinski definition) is 2. The van der Waals surface area contributed by atoms with E-state index in [-0.39, 0.29) is 0 Å². The van der Waals surface area contributed by atoms with Crippen LogP contribution in [0.25, 0.3) is 10.8 Å². The summed E-state index contributed by atoms with van der Waals surface area (Å²) in [5.41, 5.74) is -3.16. The Morgan fingerprint density at radius 3 is 1.76 bits per heavy atom. The molecule has 1 heterocycles. The van der Waals surface area contributed by atoms with Crippen LogP contribution in [0.1, 0.15) is 11.1 Å². The molecule has 0 spiro atoms. The first-order chi connectivity index (χ1) is 11.9. The molecule has 6 nitrogen and oxygen atoms in total. The zero-order valence-electron chi connectivity index (χ0n) is 13.6. The maximum atomic E-state index is 12.4. The number of benzene rings is 2. The van der Waals surface area contributed by atoms with Gasteiger partial charge in [-0.15, -0.1) is 11.8 Å². The molecule has 0 radical (unpaired) electrons. The number of carbonyl (C=O) groups is 2. The van der Waals surface area contributed by atoms with Gasteiger partial charge < -0.3 is 19.7 Å². The molecule has 1 aliphatic carbocycles. The van der Waals surface area contributed by atoms with Crippen LogP contribution in [0.5, 0.6) is 0 Å². The highest BCUT2D eigenvalue weighted by atomic mass is 32.2. The summed E-state index contributed by atoms with van der Waals surface area (Å²) >= 11 is 0.864. The molecule has 2 aromatic rings. The lowest BCUT2D eigenvalue weighted by Crippen LogP contribution is -2.54. The number of hydrogen-bond acceptors (Lipinski definition) is 7. The van der Waals surface area contributed by atoms with Gasteiger partial charge in [-0.1, -0.05) is 36.4 Å². The van der Waals surface area contributed by atoms with Crippen molar-refractivity contribution < 1.29 is 29.3 Å². The van der Waals surface area contributed by atoms with Crippen molar-refractivity contribution in [3.8, 4) is 0 Å². The number of esters is 2. The Labute approximate surface area is 147 Å². The summed E-state index contributed by atoms with van der Waals surface area (Å²) in [6.45, 7) is 0. The van der Waals surface area contributed by atoms with Gasteiger partial charge in [-0.25, -0.2) is 0 Å². The summed E-state index contributed by atoms with van der Waals surface area (Å²) in [5, 5.41) is 22.4. The predicted molar refractivity (Wildman–Crippen MR) is 90.9 cm³/mol. The minimum atomic E-state index is -1.99. The van der Waals surface area contributed by atoms with Crippen LogP contribution in [0, 0.1) is 0 Å². The number of methoxy groups -OCH3 is 2. The van der Waals surface area contributed by atoms with Crippen molar-refractivity contribution in [1.29, 1.82) is 0 Å². The predicted octanol–water partition coefficient (Wildman–Crippen LogP) is 1.06. The van der Waals surface area contributed by atoms with Gasteiger partial charge in [0.25, 0.3) is 0 Å². The molecule has 7 heteroatoms. The van der Waals surface area contributed by atoms with Crippen LogP contribution in [0.15, 0.2) is 36.4 Å². The third-order valence-corrected chi connectivity index (χ3v) is 6.78. The van der Waals surface area contributed by atoms with Gasteiger partial charge >= 0.3 is 11.9 Å². The molecular formula is C18H16O6S. The quantitative estimate of drug-likeness (QED) is 0.774. The first-order valence-corrected chi connectivity index (χ1v) is 8.64. The van der Waals surface area contributed by atoms with Crippen LogP contribution in [-0.2, 0) is 30.3 Å². The number of aliphatic hydroxyl groups is 2. The first-order valence-electron chi connectivity index (χ1n) is 7.69. The molecule has 0 aromatic heterocycles. The Balaban J connectivity index is 2.07. The smallest absolute Gasteiger partial charge is 0.322 e. The Morgan fingerprint density at radius 2 is 1.36 bits per heavy atom. The summed E-state index contributed by atoms with van der Waals surface area (Å²) in [6, 6.07) is 10.5. The average molecular weight is 360 g/mol. The second kappa shape index (κ2) is 5.20. The lowest BCUT2D eigenvalue weighted by Gasteiger charge is -2.36. The third-order valence-electron chi connectivity index (χ3n) is 5.17. The van der Waals surface area contributed by atoms with E-state index in [0.717, 1.165) is 17.1 Å². The van der Waals surface area contributed by atoms with Crippen molar-refractivity contribution in [3.05, 3.63) is 47.5 Å². The summed E-state index contributed by atoms with van der Waals surface area (Å²) in [7, 11) is 2.42. The van der Waals surface area contributed by atoms with Crippen molar-refractivity contribution in [2.45, 2.75) is 21.7 Å². The van der Waals surface area contributed by atoms with E-state index in [1.165, 1.54) is 14.2 Å². The van der Waals surface area contributed by atoms with Gasteiger partial charge in [-0.05, 0) is 21.9 Å². The third kappa shape index (κ3) is 1.73. The molecular weight excluding hydrogens is 344 g/mol. The molecule has 0 saturated carbocycles. The van der Waals surface area contributed by atoms with E-state index in [9.17, 15) is 19.8 Å². The summed E-state index contributed by atoms with van der Waals surface area (Å²) in [4.78, 5) is 24.7. The number of thioether (sulfide) groups is 1. The lowest BCUT2D eigenvalue weighted by atomic mass is 9.76. The fraction of sp³-hybridized carbons (Fsp3) is 0.333. The summed E-state index contributed by atoms with van der Waals surface area (Å²) in [6.07, 6.45) is 0. The number of rotatable bonds is 2. The molecule has 0 unspecified atom stereocenters. The SMILES string of the molecule is COC(=O)[C@H]1S[C@H](C(=O)OC)[C@@]2(O)c3cccc4cccc(c34)[C@@]12O. The van der Waals surface area contributed by atoms with Crippen molar-refractivity contribution in [3.63, 3.8) is 0 Å². The molecule has 1 aliphatic heterocycles. The number of fused-ring (bicyclic) bond motifs is 3. The second-order valence-corrected chi connectivity index (χ2v) is 7.40.